The Balaban J connectivity index is 0.00000243. The maximum absolute atomic E-state index is 12.5. The van der Waals surface area contributed by atoms with E-state index in [2.05, 4.69) is 10.3 Å². The average Bonchev–Trinajstić information content (AvgIpc) is 2.69. The number of nitrogens with zero attached hydrogens (tertiary/aromatic N) is 2. The van der Waals surface area contributed by atoms with Crippen LogP contribution in [0.3, 0.4) is 0 Å². The molecule has 2 amide bonds. The smallest absolute Gasteiger partial charge is 0.257 e. The number of benzene rings is 1. The summed E-state index contributed by atoms with van der Waals surface area (Å²) >= 11 is 0. The lowest BCUT2D eigenvalue weighted by Crippen LogP contribution is -2.40. The number of ether oxygens (including phenoxy) is 2. The zero-order valence-corrected chi connectivity index (χ0v) is 15.1. The van der Waals surface area contributed by atoms with Gasteiger partial charge in [-0.3, -0.25) is 14.6 Å². The summed E-state index contributed by atoms with van der Waals surface area (Å²) in [7, 11) is 1.50. The third-order valence-corrected chi connectivity index (χ3v) is 3.92. The third-order valence-electron chi connectivity index (χ3n) is 3.92. The van der Waals surface area contributed by atoms with Gasteiger partial charge in [-0.05, 0) is 30.3 Å². The minimum atomic E-state index is -0.293. The first-order chi connectivity index (χ1) is 12.2. The predicted molar refractivity (Wildman–Crippen MR) is 99.2 cm³/mol. The highest BCUT2D eigenvalue weighted by Gasteiger charge is 2.20. The van der Waals surface area contributed by atoms with Gasteiger partial charge in [0.15, 0.2) is 0 Å². The molecule has 1 aliphatic heterocycles. The minimum Gasteiger partial charge on any atom is -0.495 e. The van der Waals surface area contributed by atoms with Gasteiger partial charge in [-0.2, -0.15) is 0 Å². The fourth-order valence-electron chi connectivity index (χ4n) is 2.57. The van der Waals surface area contributed by atoms with Crippen LogP contribution in [0.5, 0.6) is 5.75 Å². The Morgan fingerprint density at radius 1 is 1.19 bits per heavy atom. The highest BCUT2D eigenvalue weighted by molar-refractivity contribution is 6.05. The molecule has 2 aromatic rings. The van der Waals surface area contributed by atoms with Crippen molar-refractivity contribution >= 4 is 29.9 Å². The predicted octanol–water partition coefficient (Wildman–Crippen LogP) is 2.24. The van der Waals surface area contributed by atoms with Gasteiger partial charge < -0.3 is 19.7 Å². The van der Waals surface area contributed by atoms with Crippen LogP contribution in [0, 0.1) is 0 Å². The third kappa shape index (κ3) is 4.50. The molecule has 0 unspecified atom stereocenters. The Morgan fingerprint density at radius 2 is 1.96 bits per heavy atom. The normalized spacial score (nSPS) is 13.5. The molecule has 7 nitrogen and oxygen atoms in total. The van der Waals surface area contributed by atoms with Gasteiger partial charge in [0.1, 0.15) is 5.75 Å². The molecule has 2 heterocycles. The van der Waals surface area contributed by atoms with Crippen LogP contribution in [0.1, 0.15) is 20.7 Å². The van der Waals surface area contributed by atoms with Crippen LogP contribution in [-0.4, -0.2) is 55.1 Å². The Bertz CT molecular complexity index is 764. The number of anilines is 1. The van der Waals surface area contributed by atoms with Crippen molar-refractivity contribution in [2.24, 2.45) is 0 Å². The lowest BCUT2D eigenvalue weighted by atomic mass is 10.1. The van der Waals surface area contributed by atoms with E-state index in [0.29, 0.717) is 48.9 Å². The van der Waals surface area contributed by atoms with E-state index >= 15 is 0 Å². The highest BCUT2D eigenvalue weighted by atomic mass is 35.5. The monoisotopic (exact) mass is 377 g/mol. The van der Waals surface area contributed by atoms with Gasteiger partial charge in [-0.15, -0.1) is 12.4 Å². The number of halogens is 1. The second-order valence-electron chi connectivity index (χ2n) is 5.52. The number of carbonyl (C=O) groups excluding carboxylic acids is 2. The van der Waals surface area contributed by atoms with Gasteiger partial charge in [-0.1, -0.05) is 0 Å². The maximum atomic E-state index is 12.5. The van der Waals surface area contributed by atoms with Gasteiger partial charge in [-0.25, -0.2) is 0 Å². The number of nitrogens with one attached hydrogen (secondary N) is 1. The number of carbonyl (C=O) groups is 2. The fourth-order valence-corrected chi connectivity index (χ4v) is 2.57. The van der Waals surface area contributed by atoms with E-state index in [4.69, 9.17) is 9.47 Å². The molecule has 138 valence electrons. The van der Waals surface area contributed by atoms with Crippen LogP contribution in [0.2, 0.25) is 0 Å². The summed E-state index contributed by atoms with van der Waals surface area (Å²) in [6, 6.07) is 8.35. The molecule has 0 aliphatic carbocycles. The van der Waals surface area contributed by atoms with Gasteiger partial charge in [0.05, 0.1) is 31.6 Å². The second-order valence-corrected chi connectivity index (χ2v) is 5.52. The number of hydrogen-bond donors (Lipinski definition) is 1. The minimum absolute atomic E-state index is 0. The molecule has 26 heavy (non-hydrogen) atoms. The standard InChI is InChI=1S/C18H19N3O4.ClH/c1-24-16-11-13(18(23)21-7-9-25-10-8-21)4-5-15(16)20-17(22)14-3-2-6-19-12-14;/h2-6,11-12H,7-10H2,1H3,(H,20,22);1H. The average molecular weight is 378 g/mol. The second kappa shape index (κ2) is 9.17. The fraction of sp³-hybridized carbons (Fsp3) is 0.278. The molecule has 0 atom stereocenters. The molecule has 0 bridgehead atoms. The van der Waals surface area contributed by atoms with Crippen molar-refractivity contribution in [1.82, 2.24) is 9.88 Å². The van der Waals surface area contributed by atoms with E-state index in [1.165, 1.54) is 13.3 Å². The van der Waals surface area contributed by atoms with E-state index in [0.717, 1.165) is 0 Å². The van der Waals surface area contributed by atoms with E-state index in [-0.39, 0.29) is 24.2 Å². The summed E-state index contributed by atoms with van der Waals surface area (Å²) in [6.45, 7) is 2.23. The molecular formula is C18H20ClN3O4. The first-order valence-electron chi connectivity index (χ1n) is 7.95. The Kier molecular flexibility index (Phi) is 6.94. The van der Waals surface area contributed by atoms with Crippen LogP contribution in [0.4, 0.5) is 5.69 Å². The number of pyridine rings is 1. The van der Waals surface area contributed by atoms with Gasteiger partial charge >= 0.3 is 0 Å². The van der Waals surface area contributed by atoms with E-state index < -0.39 is 0 Å². The lowest BCUT2D eigenvalue weighted by molar-refractivity contribution is 0.0302. The van der Waals surface area contributed by atoms with Crippen molar-refractivity contribution in [3.05, 3.63) is 53.9 Å². The highest BCUT2D eigenvalue weighted by Crippen LogP contribution is 2.27. The summed E-state index contributed by atoms with van der Waals surface area (Å²) in [6.07, 6.45) is 3.08. The molecule has 0 spiro atoms. The summed E-state index contributed by atoms with van der Waals surface area (Å²) in [5.74, 6) is 0.0572. The van der Waals surface area contributed by atoms with Crippen molar-refractivity contribution in [1.29, 1.82) is 0 Å². The molecule has 0 saturated carbocycles. The van der Waals surface area contributed by atoms with Gasteiger partial charge in [0.25, 0.3) is 11.8 Å². The molecule has 1 aromatic heterocycles. The van der Waals surface area contributed by atoms with Crippen molar-refractivity contribution in [2.75, 3.05) is 38.7 Å². The molecule has 1 fully saturated rings. The van der Waals surface area contributed by atoms with Gasteiger partial charge in [0, 0.05) is 31.0 Å². The van der Waals surface area contributed by atoms with Gasteiger partial charge in [0.2, 0.25) is 0 Å². The molecule has 3 rings (SSSR count). The molecular weight excluding hydrogens is 358 g/mol. The number of rotatable bonds is 4. The molecule has 1 aromatic carbocycles. The summed E-state index contributed by atoms with van der Waals surface area (Å²) < 4.78 is 10.6. The molecule has 8 heteroatoms. The first kappa shape index (κ1) is 19.7. The SMILES string of the molecule is COc1cc(C(=O)N2CCOCC2)ccc1NC(=O)c1cccnc1.Cl. The van der Waals surface area contributed by atoms with Crippen molar-refractivity contribution in [2.45, 2.75) is 0 Å². The first-order valence-corrected chi connectivity index (χ1v) is 7.95. The van der Waals surface area contributed by atoms with Crippen LogP contribution in [0.25, 0.3) is 0 Å². The topological polar surface area (TPSA) is 80.8 Å². The van der Waals surface area contributed by atoms with Crippen LogP contribution >= 0.6 is 12.4 Å². The van der Waals surface area contributed by atoms with Crippen LogP contribution < -0.4 is 10.1 Å². The largest absolute Gasteiger partial charge is 0.495 e. The maximum Gasteiger partial charge on any atom is 0.257 e. The molecule has 1 saturated heterocycles. The van der Waals surface area contributed by atoms with Crippen LogP contribution in [0.15, 0.2) is 42.7 Å². The van der Waals surface area contributed by atoms with Crippen molar-refractivity contribution < 1.29 is 19.1 Å². The number of morpholine rings is 1. The van der Waals surface area contributed by atoms with E-state index in [1.807, 2.05) is 0 Å². The Morgan fingerprint density at radius 3 is 2.62 bits per heavy atom. The summed E-state index contributed by atoms with van der Waals surface area (Å²) in [5.41, 5.74) is 1.45. The zero-order valence-electron chi connectivity index (χ0n) is 14.3. The van der Waals surface area contributed by atoms with Crippen LogP contribution in [-0.2, 0) is 4.74 Å². The molecule has 1 aliphatic rings. The van der Waals surface area contributed by atoms with E-state index in [1.54, 1.807) is 41.4 Å². The zero-order chi connectivity index (χ0) is 17.6. The van der Waals surface area contributed by atoms with Crippen molar-refractivity contribution in [3.8, 4) is 5.75 Å². The number of aromatic nitrogens is 1. The molecule has 1 N–H and O–H groups in total. The van der Waals surface area contributed by atoms with Crippen molar-refractivity contribution in [3.63, 3.8) is 0 Å². The number of methoxy groups -OCH3 is 1. The Labute approximate surface area is 157 Å². The lowest BCUT2D eigenvalue weighted by Gasteiger charge is -2.27. The molecule has 0 radical (unpaired) electrons. The Hall–Kier alpha value is -2.64. The quantitative estimate of drug-likeness (QED) is 0.883. The van der Waals surface area contributed by atoms with E-state index in [9.17, 15) is 9.59 Å². The summed E-state index contributed by atoms with van der Waals surface area (Å²) in [5, 5.41) is 2.77. The summed E-state index contributed by atoms with van der Waals surface area (Å²) in [4.78, 5) is 30.5. The number of amides is 2. The number of hydrogen-bond acceptors (Lipinski definition) is 5.